The highest BCUT2D eigenvalue weighted by Crippen LogP contribution is 2.46. The van der Waals surface area contributed by atoms with Gasteiger partial charge in [0.2, 0.25) is 0 Å². The molecule has 0 saturated carbocycles. The van der Waals surface area contributed by atoms with Crippen molar-refractivity contribution >= 4 is 12.1 Å². The lowest BCUT2D eigenvalue weighted by Gasteiger charge is -2.39. The second-order valence-electron chi connectivity index (χ2n) is 6.36. The number of carbonyl (C=O) groups is 2. The van der Waals surface area contributed by atoms with E-state index in [9.17, 15) is 9.59 Å². The topological polar surface area (TPSA) is 34.1 Å². The summed E-state index contributed by atoms with van der Waals surface area (Å²) in [5.74, 6) is 0.237. The molecule has 0 heterocycles. The Kier molecular flexibility index (Phi) is 3.45. The highest BCUT2D eigenvalue weighted by atomic mass is 16.1. The predicted molar refractivity (Wildman–Crippen MR) is 81.6 cm³/mol. The van der Waals surface area contributed by atoms with Crippen LogP contribution in [0, 0.1) is 0 Å². The summed E-state index contributed by atoms with van der Waals surface area (Å²) in [7, 11) is 0. The van der Waals surface area contributed by atoms with Gasteiger partial charge in [-0.2, -0.15) is 0 Å². The minimum absolute atomic E-state index is 0.0520. The van der Waals surface area contributed by atoms with Gasteiger partial charge in [0.15, 0.2) is 12.1 Å². The first-order valence-electron chi connectivity index (χ1n) is 7.04. The van der Waals surface area contributed by atoms with Crippen molar-refractivity contribution in [2.45, 2.75) is 52.9 Å². The highest BCUT2D eigenvalue weighted by molar-refractivity contribution is 6.02. The maximum atomic E-state index is 11.8. The Labute approximate surface area is 120 Å². The highest BCUT2D eigenvalue weighted by Gasteiger charge is 2.35. The molecular weight excluding hydrogens is 248 g/mol. The number of hydrogen-bond donors (Lipinski definition) is 0. The average molecular weight is 270 g/mol. The molecule has 1 unspecified atom stereocenters. The van der Waals surface area contributed by atoms with Crippen LogP contribution in [-0.2, 0) is 5.41 Å². The lowest BCUT2D eigenvalue weighted by atomic mass is 9.65. The van der Waals surface area contributed by atoms with E-state index in [4.69, 9.17) is 0 Å². The predicted octanol–water partition coefficient (Wildman–Crippen LogP) is 4.43. The van der Waals surface area contributed by atoms with Crippen LogP contribution in [0.5, 0.6) is 0 Å². The summed E-state index contributed by atoms with van der Waals surface area (Å²) >= 11 is 0. The molecule has 0 fully saturated rings. The molecular formula is C18H22O2. The second-order valence-corrected chi connectivity index (χ2v) is 6.36. The first kappa shape index (κ1) is 14.7. The number of benzene rings is 1. The zero-order valence-corrected chi connectivity index (χ0v) is 13.1. The van der Waals surface area contributed by atoms with Crippen molar-refractivity contribution < 1.29 is 9.59 Å². The van der Waals surface area contributed by atoms with E-state index in [2.05, 4.69) is 34.6 Å². The molecule has 1 aromatic carbocycles. The number of allylic oxidation sites excluding steroid dienone is 2. The van der Waals surface area contributed by atoms with Gasteiger partial charge >= 0.3 is 0 Å². The lowest BCUT2D eigenvalue weighted by molar-refractivity contribution is 0.100. The maximum absolute atomic E-state index is 11.8. The molecule has 0 aromatic heterocycles. The van der Waals surface area contributed by atoms with E-state index in [-0.39, 0.29) is 17.1 Å². The van der Waals surface area contributed by atoms with E-state index in [1.165, 1.54) is 29.2 Å². The van der Waals surface area contributed by atoms with Crippen molar-refractivity contribution in [3.63, 3.8) is 0 Å². The van der Waals surface area contributed by atoms with E-state index < -0.39 is 0 Å². The number of aldehydes is 1. The van der Waals surface area contributed by atoms with Crippen LogP contribution in [0.1, 0.15) is 79.3 Å². The Morgan fingerprint density at radius 1 is 1.25 bits per heavy atom. The van der Waals surface area contributed by atoms with Crippen molar-refractivity contribution in [3.05, 3.63) is 45.5 Å². The van der Waals surface area contributed by atoms with Gasteiger partial charge < -0.3 is 0 Å². The van der Waals surface area contributed by atoms with Gasteiger partial charge in [-0.25, -0.2) is 0 Å². The zero-order valence-electron chi connectivity index (χ0n) is 13.1. The molecule has 0 spiro atoms. The van der Waals surface area contributed by atoms with Crippen molar-refractivity contribution in [2.24, 2.45) is 0 Å². The quantitative estimate of drug-likeness (QED) is 0.452. The molecule has 1 aliphatic carbocycles. The minimum atomic E-state index is -0.0982. The largest absolute Gasteiger partial charge is 0.298 e. The van der Waals surface area contributed by atoms with Gasteiger partial charge in [-0.3, -0.25) is 9.59 Å². The van der Waals surface area contributed by atoms with Crippen molar-refractivity contribution in [2.75, 3.05) is 0 Å². The first-order valence-corrected chi connectivity index (χ1v) is 7.04. The molecule has 0 aliphatic heterocycles. The molecule has 2 heteroatoms. The smallest absolute Gasteiger partial charge is 0.160 e. The van der Waals surface area contributed by atoms with E-state index in [1.54, 1.807) is 0 Å². The van der Waals surface area contributed by atoms with Crippen molar-refractivity contribution in [1.82, 2.24) is 0 Å². The van der Waals surface area contributed by atoms with Gasteiger partial charge in [0.1, 0.15) is 0 Å². The van der Waals surface area contributed by atoms with Gasteiger partial charge in [0.05, 0.1) is 0 Å². The summed E-state index contributed by atoms with van der Waals surface area (Å²) in [6, 6.07) is 3.83. The van der Waals surface area contributed by atoms with E-state index >= 15 is 0 Å². The summed E-state index contributed by atoms with van der Waals surface area (Å²) in [6.45, 7) is 12.4. The third-order valence-electron chi connectivity index (χ3n) is 5.05. The third-order valence-corrected chi connectivity index (χ3v) is 5.05. The normalized spacial score (nSPS) is 20.6. The first-order chi connectivity index (χ1) is 9.21. The lowest BCUT2D eigenvalue weighted by Crippen LogP contribution is -2.28. The fraction of sp³-hybridized carbons (Fsp3) is 0.444. The third kappa shape index (κ3) is 1.94. The Morgan fingerprint density at radius 2 is 1.85 bits per heavy atom. The molecule has 1 atom stereocenters. The van der Waals surface area contributed by atoms with Gasteiger partial charge in [-0.1, -0.05) is 31.9 Å². The van der Waals surface area contributed by atoms with Gasteiger partial charge in [0, 0.05) is 22.5 Å². The summed E-state index contributed by atoms with van der Waals surface area (Å²) in [6.07, 6.45) is 0.790. The van der Waals surface area contributed by atoms with Crippen LogP contribution in [0.4, 0.5) is 0 Å². The van der Waals surface area contributed by atoms with E-state index in [1.807, 2.05) is 12.1 Å². The van der Waals surface area contributed by atoms with Crippen LogP contribution in [0.25, 0.3) is 0 Å². The van der Waals surface area contributed by atoms with Crippen LogP contribution in [0.15, 0.2) is 23.3 Å². The Bertz CT molecular complexity index is 633. The summed E-state index contributed by atoms with van der Waals surface area (Å²) in [5.41, 5.74) is 5.99. The Hall–Kier alpha value is -1.70. The molecule has 0 amide bonds. The van der Waals surface area contributed by atoms with Gasteiger partial charge in [-0.05, 0) is 44.0 Å². The average Bonchev–Trinajstić information content (AvgIpc) is 2.41. The summed E-state index contributed by atoms with van der Waals surface area (Å²) in [4.78, 5) is 23.0. The molecule has 2 nitrogen and oxygen atoms in total. The minimum Gasteiger partial charge on any atom is -0.298 e. The molecule has 1 aliphatic rings. The molecule has 0 radical (unpaired) electrons. The monoisotopic (exact) mass is 270 g/mol. The van der Waals surface area contributed by atoms with Crippen LogP contribution in [-0.4, -0.2) is 12.1 Å². The van der Waals surface area contributed by atoms with Gasteiger partial charge in [0.25, 0.3) is 0 Å². The van der Waals surface area contributed by atoms with Gasteiger partial charge in [-0.15, -0.1) is 0 Å². The number of rotatable bonds is 2. The molecule has 0 N–H and O–H groups in total. The fourth-order valence-corrected chi connectivity index (χ4v) is 3.19. The van der Waals surface area contributed by atoms with E-state index in [0.29, 0.717) is 11.1 Å². The standard InChI is InChI=1S/C18H22O2/c1-10-11(2)15-8-16(13(4)20)14(9-19)7-17(15)18(5,6)12(10)3/h7-9,11H,1-6H3. The van der Waals surface area contributed by atoms with Crippen molar-refractivity contribution in [3.8, 4) is 0 Å². The number of hydrogen-bond acceptors (Lipinski definition) is 2. The molecule has 20 heavy (non-hydrogen) atoms. The SMILES string of the molecule is CC(=O)c1cc2c(cc1C=O)C(C)(C)C(C)=C(C)C2C. The molecule has 1 aromatic rings. The van der Waals surface area contributed by atoms with E-state index in [0.717, 1.165) is 6.29 Å². The fourth-order valence-electron chi connectivity index (χ4n) is 3.19. The van der Waals surface area contributed by atoms with Crippen molar-refractivity contribution in [1.29, 1.82) is 0 Å². The van der Waals surface area contributed by atoms with Crippen LogP contribution in [0.3, 0.4) is 0 Å². The number of Topliss-reactive ketones (excluding diaryl/α,β-unsaturated/α-hetero) is 1. The van der Waals surface area contributed by atoms with Crippen LogP contribution < -0.4 is 0 Å². The number of carbonyl (C=O) groups excluding carboxylic acids is 2. The molecule has 0 saturated heterocycles. The second kappa shape index (κ2) is 4.69. The summed E-state index contributed by atoms with van der Waals surface area (Å²) < 4.78 is 0. The molecule has 0 bridgehead atoms. The maximum Gasteiger partial charge on any atom is 0.160 e. The Morgan fingerprint density at radius 3 is 2.35 bits per heavy atom. The molecule has 2 rings (SSSR count). The molecule has 106 valence electrons. The number of fused-ring (bicyclic) bond motifs is 1. The van der Waals surface area contributed by atoms with Crippen LogP contribution >= 0.6 is 0 Å². The van der Waals surface area contributed by atoms with Crippen LogP contribution in [0.2, 0.25) is 0 Å². The summed E-state index contributed by atoms with van der Waals surface area (Å²) in [5, 5.41) is 0. The zero-order chi connectivity index (χ0) is 15.2. The Balaban J connectivity index is 2.81. The number of ketones is 1.